The molecule has 5 nitrogen and oxygen atoms in total. The van der Waals surface area contributed by atoms with Crippen LogP contribution >= 0.6 is 11.8 Å². The highest BCUT2D eigenvalue weighted by molar-refractivity contribution is 7.99. The van der Waals surface area contributed by atoms with Gasteiger partial charge in [0.1, 0.15) is 5.75 Å². The molecule has 0 spiro atoms. The number of rotatable bonds is 5. The molecule has 0 amide bonds. The van der Waals surface area contributed by atoms with E-state index in [-0.39, 0.29) is 0 Å². The Labute approximate surface area is 121 Å². The fourth-order valence-corrected chi connectivity index (χ4v) is 2.31. The van der Waals surface area contributed by atoms with Gasteiger partial charge in [-0.15, -0.1) is 11.8 Å². The van der Waals surface area contributed by atoms with E-state index < -0.39 is 5.97 Å². The summed E-state index contributed by atoms with van der Waals surface area (Å²) in [7, 11) is 1.34. The molecule has 0 radical (unpaired) electrons. The molecule has 20 heavy (non-hydrogen) atoms. The van der Waals surface area contributed by atoms with Gasteiger partial charge in [-0.1, -0.05) is 13.0 Å². The molecule has 104 valence electrons. The third-order valence-corrected chi connectivity index (χ3v) is 3.28. The predicted octanol–water partition coefficient (Wildman–Crippen LogP) is 3.17. The average Bonchev–Trinajstić information content (AvgIpc) is 2.48. The maximum absolute atomic E-state index is 11.6. The molecule has 0 aliphatic carbocycles. The van der Waals surface area contributed by atoms with Crippen LogP contribution in [0.5, 0.6) is 11.6 Å². The molecule has 2 rings (SSSR count). The van der Waals surface area contributed by atoms with Crippen molar-refractivity contribution in [3.8, 4) is 11.6 Å². The molecular weight excluding hydrogens is 276 g/mol. The van der Waals surface area contributed by atoms with Crippen molar-refractivity contribution in [2.45, 2.75) is 11.8 Å². The summed E-state index contributed by atoms with van der Waals surface area (Å²) in [4.78, 5) is 20.5. The predicted molar refractivity (Wildman–Crippen MR) is 76.3 cm³/mol. The molecule has 0 aliphatic rings. The van der Waals surface area contributed by atoms with Gasteiger partial charge in [0.15, 0.2) is 5.69 Å². The fourth-order valence-electron chi connectivity index (χ4n) is 1.53. The third-order valence-electron chi connectivity index (χ3n) is 2.37. The van der Waals surface area contributed by atoms with Crippen molar-refractivity contribution in [2.75, 3.05) is 12.9 Å². The topological polar surface area (TPSA) is 61.3 Å². The number of carbonyl (C=O) groups excluding carboxylic acids is 1. The molecule has 0 saturated carbocycles. The van der Waals surface area contributed by atoms with Gasteiger partial charge >= 0.3 is 5.97 Å². The summed E-state index contributed by atoms with van der Waals surface area (Å²) in [6, 6.07) is 7.16. The first-order chi connectivity index (χ1) is 9.74. The zero-order chi connectivity index (χ0) is 14.4. The molecule has 0 saturated heterocycles. The lowest BCUT2D eigenvalue weighted by atomic mass is 10.3. The van der Waals surface area contributed by atoms with Gasteiger partial charge in [-0.25, -0.2) is 14.8 Å². The number of carbonyl (C=O) groups is 1. The van der Waals surface area contributed by atoms with Crippen LogP contribution in [0.4, 0.5) is 0 Å². The lowest BCUT2D eigenvalue weighted by Gasteiger charge is -2.09. The molecule has 2 heterocycles. The van der Waals surface area contributed by atoms with Crippen molar-refractivity contribution in [3.63, 3.8) is 0 Å². The minimum absolute atomic E-state index is 0.299. The van der Waals surface area contributed by atoms with Crippen LogP contribution in [0.3, 0.4) is 0 Å². The normalized spacial score (nSPS) is 10.1. The molecule has 2 aromatic rings. The summed E-state index contributed by atoms with van der Waals surface area (Å²) in [5.74, 6) is 1.38. The number of aromatic nitrogens is 2. The summed E-state index contributed by atoms with van der Waals surface area (Å²) in [5, 5.41) is 0. The van der Waals surface area contributed by atoms with E-state index in [0.717, 1.165) is 10.6 Å². The van der Waals surface area contributed by atoms with Crippen molar-refractivity contribution in [1.29, 1.82) is 0 Å². The Bertz CT molecular complexity index is 590. The van der Waals surface area contributed by atoms with Crippen molar-refractivity contribution in [1.82, 2.24) is 9.97 Å². The van der Waals surface area contributed by atoms with E-state index in [1.165, 1.54) is 25.1 Å². The van der Waals surface area contributed by atoms with E-state index in [4.69, 9.17) is 9.47 Å². The van der Waals surface area contributed by atoms with Crippen molar-refractivity contribution in [2.24, 2.45) is 0 Å². The number of methoxy groups -OCH3 is 1. The Morgan fingerprint density at radius 3 is 2.85 bits per heavy atom. The van der Waals surface area contributed by atoms with Crippen LogP contribution in [0.2, 0.25) is 0 Å². The van der Waals surface area contributed by atoms with Gasteiger partial charge in [0.2, 0.25) is 5.88 Å². The van der Waals surface area contributed by atoms with Crippen LogP contribution in [-0.4, -0.2) is 28.8 Å². The standard InChI is InChI=1S/C14H14N2O3S/c1-3-20-11-8-10(9-16-13(11)14(17)18-2)19-12-6-4-5-7-15-12/h4-9H,3H2,1-2H3. The quantitative estimate of drug-likeness (QED) is 0.622. The second kappa shape index (κ2) is 6.91. The van der Waals surface area contributed by atoms with Gasteiger partial charge in [0.05, 0.1) is 13.3 Å². The highest BCUT2D eigenvalue weighted by Crippen LogP contribution is 2.28. The fraction of sp³-hybridized carbons (Fsp3) is 0.214. The molecule has 0 atom stereocenters. The van der Waals surface area contributed by atoms with Gasteiger partial charge < -0.3 is 9.47 Å². The summed E-state index contributed by atoms with van der Waals surface area (Å²) < 4.78 is 10.3. The van der Waals surface area contributed by atoms with Crippen molar-refractivity contribution >= 4 is 17.7 Å². The molecule has 6 heteroatoms. The Morgan fingerprint density at radius 1 is 1.35 bits per heavy atom. The van der Waals surface area contributed by atoms with Crippen LogP contribution in [0.25, 0.3) is 0 Å². The Kier molecular flexibility index (Phi) is 4.95. The zero-order valence-electron chi connectivity index (χ0n) is 11.2. The first-order valence-electron chi connectivity index (χ1n) is 6.04. The number of esters is 1. The van der Waals surface area contributed by atoms with Crippen LogP contribution in [0.15, 0.2) is 41.6 Å². The van der Waals surface area contributed by atoms with Crippen LogP contribution < -0.4 is 4.74 Å². The van der Waals surface area contributed by atoms with Crippen LogP contribution in [0, 0.1) is 0 Å². The first-order valence-corrected chi connectivity index (χ1v) is 7.03. The maximum Gasteiger partial charge on any atom is 0.357 e. The molecule has 2 aromatic heterocycles. The first kappa shape index (κ1) is 14.3. The minimum atomic E-state index is -0.453. The monoisotopic (exact) mass is 290 g/mol. The molecule has 0 bridgehead atoms. The van der Waals surface area contributed by atoms with Crippen LogP contribution in [0.1, 0.15) is 17.4 Å². The summed E-state index contributed by atoms with van der Waals surface area (Å²) in [6.07, 6.45) is 3.13. The Hall–Kier alpha value is -2.08. The highest BCUT2D eigenvalue weighted by atomic mass is 32.2. The lowest BCUT2D eigenvalue weighted by Crippen LogP contribution is -2.06. The third kappa shape index (κ3) is 3.48. The summed E-state index contributed by atoms with van der Waals surface area (Å²) in [6.45, 7) is 2.00. The number of hydrogen-bond donors (Lipinski definition) is 0. The van der Waals surface area contributed by atoms with Crippen molar-refractivity contribution < 1.29 is 14.3 Å². The second-order valence-corrected chi connectivity index (χ2v) is 5.02. The molecule has 0 unspecified atom stereocenters. The van der Waals surface area contributed by atoms with Crippen LogP contribution in [-0.2, 0) is 4.74 Å². The minimum Gasteiger partial charge on any atom is -0.464 e. The van der Waals surface area contributed by atoms with E-state index >= 15 is 0 Å². The van der Waals surface area contributed by atoms with E-state index in [9.17, 15) is 4.79 Å². The zero-order valence-corrected chi connectivity index (χ0v) is 12.0. The average molecular weight is 290 g/mol. The number of pyridine rings is 2. The SMILES string of the molecule is CCSc1cc(Oc2ccccn2)cnc1C(=O)OC. The van der Waals surface area contributed by atoms with E-state index in [2.05, 4.69) is 9.97 Å². The highest BCUT2D eigenvalue weighted by Gasteiger charge is 2.15. The maximum atomic E-state index is 11.6. The Balaban J connectivity index is 2.27. The number of ether oxygens (including phenoxy) is 2. The molecule has 0 aliphatic heterocycles. The second-order valence-electron chi connectivity index (χ2n) is 3.71. The smallest absolute Gasteiger partial charge is 0.357 e. The van der Waals surface area contributed by atoms with E-state index in [0.29, 0.717) is 17.3 Å². The lowest BCUT2D eigenvalue weighted by molar-refractivity contribution is 0.0589. The van der Waals surface area contributed by atoms with Gasteiger partial charge in [-0.05, 0) is 17.9 Å². The summed E-state index contributed by atoms with van der Waals surface area (Å²) in [5.41, 5.74) is 0.299. The van der Waals surface area contributed by atoms with Gasteiger partial charge in [-0.2, -0.15) is 0 Å². The summed E-state index contributed by atoms with van der Waals surface area (Å²) >= 11 is 1.51. The largest absolute Gasteiger partial charge is 0.464 e. The van der Waals surface area contributed by atoms with Gasteiger partial charge in [0.25, 0.3) is 0 Å². The van der Waals surface area contributed by atoms with E-state index in [1.54, 1.807) is 18.3 Å². The number of thioether (sulfide) groups is 1. The molecule has 0 fully saturated rings. The van der Waals surface area contributed by atoms with Crippen molar-refractivity contribution in [3.05, 3.63) is 42.4 Å². The Morgan fingerprint density at radius 2 is 2.20 bits per heavy atom. The van der Waals surface area contributed by atoms with Gasteiger partial charge in [-0.3, -0.25) is 0 Å². The molecular formula is C14H14N2O3S. The number of hydrogen-bond acceptors (Lipinski definition) is 6. The van der Waals surface area contributed by atoms with Gasteiger partial charge in [0, 0.05) is 17.2 Å². The molecule has 0 aromatic carbocycles. The van der Waals surface area contributed by atoms with E-state index in [1.807, 2.05) is 19.1 Å². The number of nitrogens with zero attached hydrogens (tertiary/aromatic N) is 2. The molecule has 0 N–H and O–H groups in total.